The molecule has 10 heteroatoms. The summed E-state index contributed by atoms with van der Waals surface area (Å²) in [4.78, 5) is 34.9. The minimum absolute atomic E-state index is 0.0188. The van der Waals surface area contributed by atoms with Crippen molar-refractivity contribution in [2.24, 2.45) is 0 Å². The zero-order valence-corrected chi connectivity index (χ0v) is 16.3. The number of nitrogens with zero attached hydrogens (tertiary/aromatic N) is 5. The number of benzene rings is 1. The highest BCUT2D eigenvalue weighted by Gasteiger charge is 2.39. The standard InChI is InChI=1S/C15H14ClN5O3.C3H6O/c16-14-17-13(9-1-3-10(4-2-9)21(22)23)18-15(19-14)20-11-5-6-12(20)8-24-7-11;1-3(2)4/h1-4,11-12H,5-8H2;1-2H3. The quantitative estimate of drug-likeness (QED) is 0.565. The molecule has 0 amide bonds. The van der Waals surface area contributed by atoms with Crippen molar-refractivity contribution in [2.45, 2.75) is 38.8 Å². The van der Waals surface area contributed by atoms with Crippen LogP contribution in [0.2, 0.25) is 5.28 Å². The van der Waals surface area contributed by atoms with E-state index in [-0.39, 0.29) is 28.8 Å². The molecular weight excluding hydrogens is 386 g/mol. The van der Waals surface area contributed by atoms with Crippen LogP contribution < -0.4 is 4.90 Å². The molecule has 4 rings (SSSR count). The molecule has 2 bridgehead atoms. The van der Waals surface area contributed by atoms with Gasteiger partial charge in [0, 0.05) is 17.7 Å². The van der Waals surface area contributed by atoms with E-state index in [0.717, 1.165) is 12.8 Å². The minimum Gasteiger partial charge on any atom is -0.377 e. The number of rotatable bonds is 3. The zero-order valence-electron chi connectivity index (χ0n) is 15.5. The van der Waals surface area contributed by atoms with E-state index in [2.05, 4.69) is 19.9 Å². The van der Waals surface area contributed by atoms with Gasteiger partial charge in [-0.2, -0.15) is 15.0 Å². The van der Waals surface area contributed by atoms with Crippen LogP contribution in [0.5, 0.6) is 0 Å². The van der Waals surface area contributed by atoms with E-state index in [1.54, 1.807) is 12.1 Å². The summed E-state index contributed by atoms with van der Waals surface area (Å²) in [5.41, 5.74) is 0.678. The van der Waals surface area contributed by atoms with Crippen molar-refractivity contribution in [1.29, 1.82) is 0 Å². The Bertz CT molecular complexity index is 857. The molecule has 148 valence electrons. The number of nitro benzene ring substituents is 1. The maximum Gasteiger partial charge on any atom is 0.269 e. The van der Waals surface area contributed by atoms with E-state index in [9.17, 15) is 14.9 Å². The van der Waals surface area contributed by atoms with Crippen molar-refractivity contribution in [3.8, 4) is 11.4 Å². The molecule has 0 spiro atoms. The van der Waals surface area contributed by atoms with Crippen molar-refractivity contribution in [3.63, 3.8) is 0 Å². The average Bonchev–Trinajstić information content (AvgIpc) is 2.89. The molecule has 2 saturated heterocycles. The van der Waals surface area contributed by atoms with Crippen molar-refractivity contribution in [1.82, 2.24) is 15.0 Å². The van der Waals surface area contributed by atoms with E-state index < -0.39 is 4.92 Å². The van der Waals surface area contributed by atoms with E-state index in [4.69, 9.17) is 16.3 Å². The SMILES string of the molecule is CC(C)=O.O=[N+]([O-])c1ccc(-c2nc(Cl)nc(N3C4CCC3COC4)n2)cc1. The first-order valence-corrected chi connectivity index (χ1v) is 9.22. The highest BCUT2D eigenvalue weighted by Crippen LogP contribution is 2.33. The van der Waals surface area contributed by atoms with E-state index >= 15 is 0 Å². The summed E-state index contributed by atoms with van der Waals surface area (Å²) in [6.45, 7) is 4.37. The number of nitro groups is 1. The topological polar surface area (TPSA) is 111 Å². The molecule has 0 aliphatic carbocycles. The van der Waals surface area contributed by atoms with Gasteiger partial charge in [-0.15, -0.1) is 0 Å². The largest absolute Gasteiger partial charge is 0.377 e. The van der Waals surface area contributed by atoms with Crippen LogP contribution in [-0.4, -0.2) is 51.0 Å². The third kappa shape index (κ3) is 4.60. The fraction of sp³-hybridized carbons (Fsp3) is 0.444. The predicted molar refractivity (Wildman–Crippen MR) is 103 cm³/mol. The lowest BCUT2D eigenvalue weighted by Gasteiger charge is -2.34. The van der Waals surface area contributed by atoms with Gasteiger partial charge in [0.05, 0.1) is 30.2 Å². The van der Waals surface area contributed by atoms with Crippen LogP contribution >= 0.6 is 11.6 Å². The second kappa shape index (κ2) is 8.57. The molecule has 0 radical (unpaired) electrons. The summed E-state index contributed by atoms with van der Waals surface area (Å²) < 4.78 is 5.58. The maximum absolute atomic E-state index is 10.8. The smallest absolute Gasteiger partial charge is 0.269 e. The van der Waals surface area contributed by atoms with Gasteiger partial charge in [0.15, 0.2) is 5.82 Å². The van der Waals surface area contributed by atoms with Crippen molar-refractivity contribution in [3.05, 3.63) is 39.7 Å². The number of morpholine rings is 1. The number of carbonyl (C=O) groups is 1. The number of Topliss-reactive ketones (excluding diaryl/α,β-unsaturated/α-hetero) is 1. The van der Waals surface area contributed by atoms with Gasteiger partial charge in [0.2, 0.25) is 11.2 Å². The minimum atomic E-state index is -0.443. The molecule has 9 nitrogen and oxygen atoms in total. The molecule has 2 unspecified atom stereocenters. The molecule has 3 heterocycles. The number of hydrogen-bond donors (Lipinski definition) is 0. The maximum atomic E-state index is 10.8. The van der Waals surface area contributed by atoms with Crippen LogP contribution in [0.3, 0.4) is 0 Å². The Balaban J connectivity index is 0.000000516. The fourth-order valence-corrected chi connectivity index (χ4v) is 3.43. The van der Waals surface area contributed by atoms with Gasteiger partial charge in [-0.25, -0.2) is 0 Å². The Morgan fingerprint density at radius 3 is 2.25 bits per heavy atom. The second-order valence-corrected chi connectivity index (χ2v) is 7.11. The number of non-ortho nitro benzene ring substituents is 1. The number of anilines is 1. The third-order valence-corrected chi connectivity index (χ3v) is 4.57. The number of fused-ring (bicyclic) bond motifs is 2. The van der Waals surface area contributed by atoms with Crippen molar-refractivity contribution < 1.29 is 14.5 Å². The summed E-state index contributed by atoms with van der Waals surface area (Å²) in [6.07, 6.45) is 2.08. The lowest BCUT2D eigenvalue weighted by atomic mass is 10.2. The van der Waals surface area contributed by atoms with Gasteiger partial charge in [-0.1, -0.05) is 0 Å². The molecule has 0 saturated carbocycles. The van der Waals surface area contributed by atoms with Crippen LogP contribution in [0.4, 0.5) is 11.6 Å². The molecular formula is C18H20ClN5O4. The molecule has 2 fully saturated rings. The summed E-state index contributed by atoms with van der Waals surface area (Å²) in [6, 6.07) is 6.58. The Labute approximate surface area is 166 Å². The first kappa shape index (κ1) is 20.1. The summed E-state index contributed by atoms with van der Waals surface area (Å²) in [5, 5.41) is 10.9. The molecule has 28 heavy (non-hydrogen) atoms. The van der Waals surface area contributed by atoms with Gasteiger partial charge in [-0.05, 0) is 50.4 Å². The van der Waals surface area contributed by atoms with Crippen LogP contribution in [-0.2, 0) is 9.53 Å². The van der Waals surface area contributed by atoms with E-state index in [1.165, 1.54) is 26.0 Å². The van der Waals surface area contributed by atoms with Crippen molar-refractivity contribution in [2.75, 3.05) is 18.1 Å². The Kier molecular flexibility index (Phi) is 6.15. The molecule has 2 aromatic rings. The Morgan fingerprint density at radius 1 is 1.14 bits per heavy atom. The van der Waals surface area contributed by atoms with Gasteiger partial charge in [0.1, 0.15) is 5.78 Å². The molecule has 2 aliphatic heterocycles. The van der Waals surface area contributed by atoms with E-state index in [0.29, 0.717) is 30.5 Å². The molecule has 0 N–H and O–H groups in total. The summed E-state index contributed by atoms with van der Waals surface area (Å²) >= 11 is 6.09. The Morgan fingerprint density at radius 2 is 1.71 bits per heavy atom. The zero-order chi connectivity index (χ0) is 20.3. The first-order valence-electron chi connectivity index (χ1n) is 8.85. The fourth-order valence-electron chi connectivity index (χ4n) is 3.27. The number of carbonyl (C=O) groups excluding carboxylic acids is 1. The lowest BCUT2D eigenvalue weighted by molar-refractivity contribution is -0.384. The van der Waals surface area contributed by atoms with E-state index in [1.807, 2.05) is 0 Å². The number of hydrogen-bond acceptors (Lipinski definition) is 8. The summed E-state index contributed by atoms with van der Waals surface area (Å²) in [5.74, 6) is 1.12. The van der Waals surface area contributed by atoms with Crippen molar-refractivity contribution >= 4 is 29.0 Å². The number of ether oxygens (including phenoxy) is 1. The predicted octanol–water partition coefficient (Wildman–Crippen LogP) is 3.06. The first-order chi connectivity index (χ1) is 13.3. The monoisotopic (exact) mass is 405 g/mol. The van der Waals surface area contributed by atoms with Crippen LogP contribution in [0.1, 0.15) is 26.7 Å². The van der Waals surface area contributed by atoms with Crippen LogP contribution in [0.15, 0.2) is 24.3 Å². The third-order valence-electron chi connectivity index (χ3n) is 4.40. The van der Waals surface area contributed by atoms with Crippen LogP contribution in [0.25, 0.3) is 11.4 Å². The Hall–Kier alpha value is -2.65. The highest BCUT2D eigenvalue weighted by atomic mass is 35.5. The number of ketones is 1. The van der Waals surface area contributed by atoms with Gasteiger partial charge in [0.25, 0.3) is 5.69 Å². The lowest BCUT2D eigenvalue weighted by Crippen LogP contribution is -2.46. The summed E-state index contributed by atoms with van der Waals surface area (Å²) in [7, 11) is 0. The van der Waals surface area contributed by atoms with Gasteiger partial charge >= 0.3 is 0 Å². The number of aromatic nitrogens is 3. The second-order valence-electron chi connectivity index (χ2n) is 6.77. The highest BCUT2D eigenvalue weighted by molar-refractivity contribution is 6.28. The molecule has 1 aromatic heterocycles. The molecule has 2 aliphatic rings. The van der Waals surface area contributed by atoms with Gasteiger partial charge < -0.3 is 14.4 Å². The average molecular weight is 406 g/mol. The molecule has 2 atom stereocenters. The van der Waals surface area contributed by atoms with Gasteiger partial charge in [-0.3, -0.25) is 10.1 Å². The number of halogens is 1. The molecule has 1 aromatic carbocycles. The normalized spacial score (nSPS) is 20.3. The van der Waals surface area contributed by atoms with Crippen LogP contribution in [0, 0.1) is 10.1 Å².